The van der Waals surface area contributed by atoms with E-state index in [1.54, 1.807) is 0 Å². The SMILES string of the molecule is O=C(NCC#Cc1ccc(F)cc1C(=O)O)OCc1ccccc1. The summed E-state index contributed by atoms with van der Waals surface area (Å²) in [5.74, 6) is 3.26. The van der Waals surface area contributed by atoms with E-state index in [1.165, 1.54) is 6.07 Å². The van der Waals surface area contributed by atoms with Gasteiger partial charge in [0, 0.05) is 5.56 Å². The molecule has 0 spiro atoms. The molecule has 2 aromatic carbocycles. The van der Waals surface area contributed by atoms with Gasteiger partial charge in [-0.15, -0.1) is 0 Å². The number of carboxylic acid groups (broad SMARTS) is 1. The largest absolute Gasteiger partial charge is 0.478 e. The number of carboxylic acids is 1. The van der Waals surface area contributed by atoms with Crippen molar-refractivity contribution < 1.29 is 23.8 Å². The molecular formula is C18H14FNO4. The van der Waals surface area contributed by atoms with E-state index in [1.807, 2.05) is 30.3 Å². The van der Waals surface area contributed by atoms with Gasteiger partial charge in [-0.25, -0.2) is 14.0 Å². The third-order valence-electron chi connectivity index (χ3n) is 2.97. The van der Waals surface area contributed by atoms with Crippen LogP contribution in [0.15, 0.2) is 48.5 Å². The molecule has 0 aromatic heterocycles. The first-order valence-corrected chi connectivity index (χ1v) is 7.02. The second kappa shape index (κ2) is 8.34. The first kappa shape index (κ1) is 17.0. The van der Waals surface area contributed by atoms with Crippen LogP contribution in [0.4, 0.5) is 9.18 Å². The maximum absolute atomic E-state index is 13.0. The second-order valence-electron chi connectivity index (χ2n) is 4.71. The Morgan fingerprint density at radius 3 is 2.62 bits per heavy atom. The van der Waals surface area contributed by atoms with Gasteiger partial charge in [0.2, 0.25) is 0 Å². The van der Waals surface area contributed by atoms with Crippen molar-refractivity contribution in [2.45, 2.75) is 6.61 Å². The summed E-state index contributed by atoms with van der Waals surface area (Å²) in [6.45, 7) is 0.116. The van der Waals surface area contributed by atoms with Crippen LogP contribution in [0.2, 0.25) is 0 Å². The van der Waals surface area contributed by atoms with Crippen molar-refractivity contribution in [1.29, 1.82) is 0 Å². The zero-order valence-electron chi connectivity index (χ0n) is 12.6. The lowest BCUT2D eigenvalue weighted by Gasteiger charge is -2.04. The highest BCUT2D eigenvalue weighted by Gasteiger charge is 2.09. The molecule has 24 heavy (non-hydrogen) atoms. The third-order valence-corrected chi connectivity index (χ3v) is 2.97. The van der Waals surface area contributed by atoms with Gasteiger partial charge in [-0.1, -0.05) is 42.2 Å². The van der Waals surface area contributed by atoms with Gasteiger partial charge in [-0.05, 0) is 23.8 Å². The molecule has 0 aliphatic carbocycles. The summed E-state index contributed by atoms with van der Waals surface area (Å²) in [5, 5.41) is 11.4. The van der Waals surface area contributed by atoms with Crippen molar-refractivity contribution in [2.24, 2.45) is 0 Å². The Bertz CT molecular complexity index is 794. The van der Waals surface area contributed by atoms with Crippen molar-refractivity contribution >= 4 is 12.1 Å². The normalized spacial score (nSPS) is 9.54. The molecule has 2 N–H and O–H groups in total. The highest BCUT2D eigenvalue weighted by Crippen LogP contribution is 2.10. The minimum absolute atomic E-state index is 0.0238. The van der Waals surface area contributed by atoms with Crippen LogP contribution in [0.25, 0.3) is 0 Å². The van der Waals surface area contributed by atoms with E-state index >= 15 is 0 Å². The highest BCUT2D eigenvalue weighted by atomic mass is 19.1. The molecule has 2 aromatic rings. The van der Waals surface area contributed by atoms with E-state index in [0.29, 0.717) is 0 Å². The molecule has 0 fully saturated rings. The predicted molar refractivity (Wildman–Crippen MR) is 84.9 cm³/mol. The summed E-state index contributed by atoms with van der Waals surface area (Å²) in [4.78, 5) is 22.5. The van der Waals surface area contributed by atoms with E-state index < -0.39 is 17.9 Å². The first-order chi connectivity index (χ1) is 11.6. The van der Waals surface area contributed by atoms with Gasteiger partial charge in [0.05, 0.1) is 12.1 Å². The first-order valence-electron chi connectivity index (χ1n) is 7.02. The van der Waals surface area contributed by atoms with Crippen molar-refractivity contribution in [3.8, 4) is 11.8 Å². The smallest absolute Gasteiger partial charge is 0.408 e. The number of alkyl carbamates (subject to hydrolysis) is 1. The number of benzene rings is 2. The van der Waals surface area contributed by atoms with E-state index in [-0.39, 0.29) is 24.3 Å². The van der Waals surface area contributed by atoms with Crippen molar-refractivity contribution in [1.82, 2.24) is 5.32 Å². The highest BCUT2D eigenvalue weighted by molar-refractivity contribution is 5.90. The Labute approximate surface area is 138 Å². The van der Waals surface area contributed by atoms with E-state index in [4.69, 9.17) is 9.84 Å². The van der Waals surface area contributed by atoms with Crippen LogP contribution in [-0.2, 0) is 11.3 Å². The summed E-state index contributed by atoms with van der Waals surface area (Å²) in [7, 11) is 0. The number of carbonyl (C=O) groups excluding carboxylic acids is 1. The Kier molecular flexibility index (Phi) is 5.92. The maximum atomic E-state index is 13.0. The number of nitrogens with one attached hydrogen (secondary N) is 1. The van der Waals surface area contributed by atoms with Crippen LogP contribution in [-0.4, -0.2) is 23.7 Å². The molecule has 0 aliphatic heterocycles. The lowest BCUT2D eigenvalue weighted by Crippen LogP contribution is -2.24. The summed E-state index contributed by atoms with van der Waals surface area (Å²) in [6.07, 6.45) is -0.634. The standard InChI is InChI=1S/C18H14FNO4/c19-15-9-8-14(16(11-15)17(21)22)7-4-10-20-18(23)24-12-13-5-2-1-3-6-13/h1-3,5-6,8-9,11H,10,12H2,(H,20,23)(H,21,22). The van der Waals surface area contributed by atoms with Crippen LogP contribution in [0.5, 0.6) is 0 Å². The van der Waals surface area contributed by atoms with E-state index in [0.717, 1.165) is 17.7 Å². The number of aromatic carboxylic acids is 1. The third kappa shape index (κ3) is 5.14. The molecule has 6 heteroatoms. The minimum Gasteiger partial charge on any atom is -0.478 e. The molecule has 1 amide bonds. The Morgan fingerprint density at radius 2 is 1.92 bits per heavy atom. The van der Waals surface area contributed by atoms with Crippen LogP contribution >= 0.6 is 0 Å². The molecule has 0 saturated heterocycles. The molecule has 0 radical (unpaired) electrons. The van der Waals surface area contributed by atoms with Crippen LogP contribution in [0.1, 0.15) is 21.5 Å². The van der Waals surface area contributed by atoms with Crippen LogP contribution in [0.3, 0.4) is 0 Å². The lowest BCUT2D eigenvalue weighted by atomic mass is 10.1. The molecule has 0 aliphatic rings. The molecule has 0 bridgehead atoms. The number of hydrogen-bond donors (Lipinski definition) is 2. The average Bonchev–Trinajstić information content (AvgIpc) is 2.58. The van der Waals surface area contributed by atoms with E-state index in [2.05, 4.69) is 17.2 Å². The van der Waals surface area contributed by atoms with Gasteiger partial charge in [-0.3, -0.25) is 0 Å². The van der Waals surface area contributed by atoms with Crippen LogP contribution < -0.4 is 5.32 Å². The summed E-state index contributed by atoms with van der Waals surface area (Å²) < 4.78 is 18.0. The summed E-state index contributed by atoms with van der Waals surface area (Å²) in [6, 6.07) is 12.5. The zero-order chi connectivity index (χ0) is 17.4. The van der Waals surface area contributed by atoms with Gasteiger partial charge in [0.25, 0.3) is 0 Å². The summed E-state index contributed by atoms with van der Waals surface area (Å²) >= 11 is 0. The molecular weight excluding hydrogens is 313 g/mol. The Hall–Kier alpha value is -3.33. The van der Waals surface area contributed by atoms with Crippen LogP contribution in [0, 0.1) is 17.7 Å². The Balaban J connectivity index is 1.85. The van der Waals surface area contributed by atoms with Gasteiger partial charge < -0.3 is 15.2 Å². The summed E-state index contributed by atoms with van der Waals surface area (Å²) in [5.41, 5.74) is 0.800. The van der Waals surface area contributed by atoms with Gasteiger partial charge in [0.1, 0.15) is 12.4 Å². The number of rotatable bonds is 4. The minimum atomic E-state index is -1.27. The Morgan fingerprint density at radius 1 is 1.17 bits per heavy atom. The fourth-order valence-corrected chi connectivity index (χ4v) is 1.83. The maximum Gasteiger partial charge on any atom is 0.408 e. The molecule has 2 rings (SSSR count). The topological polar surface area (TPSA) is 75.6 Å². The second-order valence-corrected chi connectivity index (χ2v) is 4.71. The fraction of sp³-hybridized carbons (Fsp3) is 0.111. The van der Waals surface area contributed by atoms with Gasteiger partial charge >= 0.3 is 12.1 Å². The number of ether oxygens (including phenoxy) is 1. The number of amides is 1. The predicted octanol–water partition coefficient (Wildman–Crippen LogP) is 2.80. The number of carbonyl (C=O) groups is 2. The molecule has 0 saturated carbocycles. The van der Waals surface area contributed by atoms with Crippen molar-refractivity contribution in [3.63, 3.8) is 0 Å². The zero-order valence-corrected chi connectivity index (χ0v) is 12.6. The molecule has 0 heterocycles. The van der Waals surface area contributed by atoms with Crippen molar-refractivity contribution in [3.05, 3.63) is 71.0 Å². The van der Waals surface area contributed by atoms with Gasteiger partial charge in [0.15, 0.2) is 0 Å². The average molecular weight is 327 g/mol. The van der Waals surface area contributed by atoms with E-state index in [9.17, 15) is 14.0 Å². The molecule has 5 nitrogen and oxygen atoms in total. The molecule has 0 atom stereocenters. The number of halogens is 1. The monoisotopic (exact) mass is 327 g/mol. The molecule has 122 valence electrons. The molecule has 0 unspecified atom stereocenters. The fourth-order valence-electron chi connectivity index (χ4n) is 1.83. The number of hydrogen-bond acceptors (Lipinski definition) is 3. The quantitative estimate of drug-likeness (QED) is 0.847. The lowest BCUT2D eigenvalue weighted by molar-refractivity contribution is 0.0696. The van der Waals surface area contributed by atoms with Gasteiger partial charge in [-0.2, -0.15) is 0 Å². The van der Waals surface area contributed by atoms with Crippen molar-refractivity contribution in [2.75, 3.05) is 6.54 Å².